The number of halogens is 1. The second-order valence-corrected chi connectivity index (χ2v) is 7.30. The fraction of sp³-hybridized carbons (Fsp3) is 0.588. The first kappa shape index (κ1) is 17.6. The third kappa shape index (κ3) is 3.79. The summed E-state index contributed by atoms with van der Waals surface area (Å²) in [6, 6.07) is 8.38. The Kier molecular flexibility index (Phi) is 6.18. The van der Waals surface area contributed by atoms with Gasteiger partial charge in [-0.3, -0.25) is 4.79 Å². The predicted octanol–water partition coefficient (Wildman–Crippen LogP) is 3.92. The van der Waals surface area contributed by atoms with Gasteiger partial charge in [-0.05, 0) is 62.0 Å². The van der Waals surface area contributed by atoms with Gasteiger partial charge in [0.05, 0.1) is 0 Å². The van der Waals surface area contributed by atoms with Gasteiger partial charge in [-0.15, -0.1) is 24.2 Å². The molecule has 0 aromatic heterocycles. The van der Waals surface area contributed by atoms with Gasteiger partial charge < -0.3 is 11.1 Å². The molecule has 0 heterocycles. The Balaban J connectivity index is 0.00000176. The lowest BCUT2D eigenvalue weighted by atomic mass is 9.65. The van der Waals surface area contributed by atoms with Crippen molar-refractivity contribution in [1.82, 2.24) is 0 Å². The van der Waals surface area contributed by atoms with Gasteiger partial charge in [0.1, 0.15) is 0 Å². The van der Waals surface area contributed by atoms with Crippen LogP contribution in [0.15, 0.2) is 29.2 Å². The minimum Gasteiger partial charge on any atom is -0.327 e. The van der Waals surface area contributed by atoms with Crippen molar-refractivity contribution in [3.63, 3.8) is 0 Å². The van der Waals surface area contributed by atoms with Gasteiger partial charge in [-0.1, -0.05) is 12.5 Å². The Bertz CT molecular complexity index is 511. The number of hydrogen-bond acceptors (Lipinski definition) is 3. The predicted molar refractivity (Wildman–Crippen MR) is 95.6 cm³/mol. The van der Waals surface area contributed by atoms with Crippen LogP contribution in [0.1, 0.15) is 32.1 Å². The molecule has 3 N–H and O–H groups in total. The third-order valence-electron chi connectivity index (χ3n) is 5.12. The lowest BCUT2D eigenvalue weighted by Gasteiger charge is -2.43. The molecule has 1 amide bonds. The van der Waals surface area contributed by atoms with Crippen LogP contribution in [0.3, 0.4) is 0 Å². The van der Waals surface area contributed by atoms with Gasteiger partial charge in [0.25, 0.3) is 0 Å². The summed E-state index contributed by atoms with van der Waals surface area (Å²) in [6.45, 7) is 0. The monoisotopic (exact) mass is 340 g/mol. The van der Waals surface area contributed by atoms with Crippen molar-refractivity contribution in [2.24, 2.45) is 23.5 Å². The first-order chi connectivity index (χ1) is 10.2. The number of thioether (sulfide) groups is 1. The molecule has 2 aliphatic rings. The molecule has 2 unspecified atom stereocenters. The second kappa shape index (κ2) is 7.71. The molecule has 22 heavy (non-hydrogen) atoms. The third-order valence-corrected chi connectivity index (χ3v) is 5.85. The summed E-state index contributed by atoms with van der Waals surface area (Å²) < 4.78 is 0. The molecule has 1 aromatic carbocycles. The number of rotatable bonds is 3. The van der Waals surface area contributed by atoms with Gasteiger partial charge >= 0.3 is 0 Å². The zero-order valence-corrected chi connectivity index (χ0v) is 14.6. The topological polar surface area (TPSA) is 55.1 Å². The van der Waals surface area contributed by atoms with Crippen LogP contribution in [0.2, 0.25) is 0 Å². The molecule has 3 rings (SSSR count). The Morgan fingerprint density at radius 2 is 1.95 bits per heavy atom. The number of nitrogens with one attached hydrogen (secondary N) is 1. The van der Waals surface area contributed by atoms with E-state index in [1.807, 2.05) is 24.5 Å². The molecule has 0 aliphatic heterocycles. The Labute approximate surface area is 143 Å². The summed E-state index contributed by atoms with van der Waals surface area (Å²) in [5.74, 6) is 1.41. The van der Waals surface area contributed by atoms with Crippen molar-refractivity contribution >= 4 is 35.8 Å². The lowest BCUT2D eigenvalue weighted by Crippen LogP contribution is -2.48. The molecule has 0 spiro atoms. The Hall–Kier alpha value is -0.710. The van der Waals surface area contributed by atoms with E-state index < -0.39 is 0 Å². The number of amides is 1. The van der Waals surface area contributed by atoms with E-state index in [0.29, 0.717) is 17.9 Å². The van der Waals surface area contributed by atoms with E-state index >= 15 is 0 Å². The summed E-state index contributed by atoms with van der Waals surface area (Å²) in [4.78, 5) is 13.7. The maximum Gasteiger partial charge on any atom is 0.227 e. The Morgan fingerprint density at radius 1 is 1.27 bits per heavy atom. The number of hydrogen-bond donors (Lipinski definition) is 2. The summed E-state index contributed by atoms with van der Waals surface area (Å²) in [6.07, 6.45) is 7.65. The highest BCUT2D eigenvalue weighted by Crippen LogP contribution is 2.42. The zero-order valence-electron chi connectivity index (χ0n) is 13.0. The summed E-state index contributed by atoms with van der Waals surface area (Å²) in [7, 11) is 0. The molecule has 0 saturated heterocycles. The minimum atomic E-state index is 0. The van der Waals surface area contributed by atoms with Crippen LogP contribution < -0.4 is 11.1 Å². The number of anilines is 1. The molecule has 122 valence electrons. The number of carbonyl (C=O) groups is 1. The fourth-order valence-electron chi connectivity index (χ4n) is 3.95. The highest BCUT2D eigenvalue weighted by Gasteiger charge is 2.40. The van der Waals surface area contributed by atoms with Gasteiger partial charge in [0.2, 0.25) is 5.91 Å². The molecular weight excluding hydrogens is 316 g/mol. The van der Waals surface area contributed by atoms with Crippen LogP contribution in [-0.4, -0.2) is 18.2 Å². The van der Waals surface area contributed by atoms with E-state index in [2.05, 4.69) is 11.4 Å². The normalized spacial score (nSPS) is 30.3. The van der Waals surface area contributed by atoms with Crippen LogP contribution in [0.5, 0.6) is 0 Å². The SMILES string of the molecule is CSc1cccc(NC(=O)C2CC3CCCC(C2)C3N)c1.Cl. The van der Waals surface area contributed by atoms with E-state index in [1.54, 1.807) is 11.8 Å². The maximum atomic E-state index is 12.5. The van der Waals surface area contributed by atoms with E-state index in [4.69, 9.17) is 5.73 Å². The van der Waals surface area contributed by atoms with Crippen molar-refractivity contribution < 1.29 is 4.79 Å². The standard InChI is InChI=1S/C17H24N2OS.ClH/c1-21-15-7-3-6-14(10-15)19-17(20)13-8-11-4-2-5-12(9-13)16(11)18;/h3,6-7,10-13,16H,2,4-5,8-9,18H2,1H3,(H,19,20);1H. The smallest absolute Gasteiger partial charge is 0.227 e. The quantitative estimate of drug-likeness (QED) is 0.820. The molecule has 2 fully saturated rings. The summed E-state index contributed by atoms with van der Waals surface area (Å²) in [5.41, 5.74) is 7.21. The van der Waals surface area contributed by atoms with Crippen molar-refractivity contribution in [3.05, 3.63) is 24.3 Å². The average molecular weight is 341 g/mol. The van der Waals surface area contributed by atoms with Gasteiger partial charge in [-0.25, -0.2) is 0 Å². The molecule has 1 aromatic rings. The molecule has 2 bridgehead atoms. The van der Waals surface area contributed by atoms with E-state index in [1.165, 1.54) is 24.2 Å². The van der Waals surface area contributed by atoms with E-state index in [9.17, 15) is 4.79 Å². The van der Waals surface area contributed by atoms with Crippen molar-refractivity contribution in [2.45, 2.75) is 43.0 Å². The van der Waals surface area contributed by atoms with E-state index in [0.717, 1.165) is 18.5 Å². The summed E-state index contributed by atoms with van der Waals surface area (Å²) >= 11 is 1.69. The largest absolute Gasteiger partial charge is 0.327 e. The molecule has 2 atom stereocenters. The molecule has 0 radical (unpaired) electrons. The van der Waals surface area contributed by atoms with Gasteiger partial charge in [0, 0.05) is 22.5 Å². The number of carbonyl (C=O) groups excluding carboxylic acids is 1. The highest BCUT2D eigenvalue weighted by atomic mass is 35.5. The first-order valence-corrected chi connectivity index (χ1v) is 9.10. The van der Waals surface area contributed by atoms with Crippen LogP contribution in [-0.2, 0) is 4.79 Å². The van der Waals surface area contributed by atoms with E-state index in [-0.39, 0.29) is 24.2 Å². The highest BCUT2D eigenvalue weighted by molar-refractivity contribution is 7.98. The lowest BCUT2D eigenvalue weighted by molar-refractivity contribution is -0.122. The van der Waals surface area contributed by atoms with Crippen molar-refractivity contribution in [1.29, 1.82) is 0 Å². The minimum absolute atomic E-state index is 0. The molecule has 3 nitrogen and oxygen atoms in total. The van der Waals surface area contributed by atoms with Crippen LogP contribution in [0.4, 0.5) is 5.69 Å². The average Bonchev–Trinajstić information content (AvgIpc) is 2.47. The Morgan fingerprint density at radius 3 is 2.59 bits per heavy atom. The second-order valence-electron chi connectivity index (χ2n) is 6.42. The summed E-state index contributed by atoms with van der Waals surface area (Å²) in [5, 5.41) is 3.10. The molecular formula is C17H25ClN2OS. The number of benzene rings is 1. The van der Waals surface area contributed by atoms with Crippen LogP contribution >= 0.6 is 24.2 Å². The van der Waals surface area contributed by atoms with Gasteiger partial charge in [-0.2, -0.15) is 0 Å². The van der Waals surface area contributed by atoms with Crippen LogP contribution in [0.25, 0.3) is 0 Å². The molecule has 5 heteroatoms. The number of nitrogens with two attached hydrogens (primary N) is 1. The van der Waals surface area contributed by atoms with Crippen molar-refractivity contribution in [2.75, 3.05) is 11.6 Å². The number of fused-ring (bicyclic) bond motifs is 2. The molecule has 2 saturated carbocycles. The van der Waals surface area contributed by atoms with Gasteiger partial charge in [0.15, 0.2) is 0 Å². The van der Waals surface area contributed by atoms with Crippen molar-refractivity contribution in [3.8, 4) is 0 Å². The fourth-order valence-corrected chi connectivity index (χ4v) is 4.41. The van der Waals surface area contributed by atoms with Crippen LogP contribution in [0, 0.1) is 17.8 Å². The maximum absolute atomic E-state index is 12.5. The first-order valence-electron chi connectivity index (χ1n) is 7.88. The zero-order chi connectivity index (χ0) is 14.8. The molecule has 2 aliphatic carbocycles.